The molecule has 1 heteroatoms. The lowest BCUT2D eigenvalue weighted by molar-refractivity contribution is 0.660. The summed E-state index contributed by atoms with van der Waals surface area (Å²) in [7, 11) is 0. The summed E-state index contributed by atoms with van der Waals surface area (Å²) in [6, 6.07) is 110. The van der Waals surface area contributed by atoms with E-state index in [-0.39, 0.29) is 5.41 Å². The summed E-state index contributed by atoms with van der Waals surface area (Å²) in [5.74, 6) is 0. The number of anilines is 3. The minimum absolute atomic E-state index is 0.175. The number of hydrogen-bond acceptors (Lipinski definition) is 1. The van der Waals surface area contributed by atoms with Gasteiger partial charge in [-0.05, 0) is 148 Å². The van der Waals surface area contributed by atoms with Crippen LogP contribution in [0.2, 0.25) is 0 Å². The Hall–Kier alpha value is -9.56. The highest BCUT2D eigenvalue weighted by Gasteiger charge is 2.47. The van der Waals surface area contributed by atoms with Crippen LogP contribution in [0.5, 0.6) is 0 Å². The number of fused-ring (bicyclic) bond motifs is 6. The zero-order valence-electron chi connectivity index (χ0n) is 43.2. The molecule has 1 nitrogen and oxygen atoms in total. The van der Waals surface area contributed by atoms with Crippen molar-refractivity contribution in [1.82, 2.24) is 0 Å². The second kappa shape index (κ2) is 18.7. The lowest BCUT2D eigenvalue weighted by Crippen LogP contribution is -2.28. The first-order chi connectivity index (χ1) is 37.9. The van der Waals surface area contributed by atoms with E-state index in [1.807, 2.05) is 0 Å². The molecule has 0 fully saturated rings. The second-order valence-corrected chi connectivity index (χ2v) is 21.2. The van der Waals surface area contributed by atoms with E-state index in [9.17, 15) is 0 Å². The summed E-state index contributed by atoms with van der Waals surface area (Å²) in [4.78, 5) is 2.51. The van der Waals surface area contributed by atoms with Crippen molar-refractivity contribution in [1.29, 1.82) is 0 Å². The van der Waals surface area contributed by atoms with Crippen LogP contribution in [0.25, 0.3) is 77.9 Å². The van der Waals surface area contributed by atoms with Gasteiger partial charge in [0, 0.05) is 22.4 Å². The maximum absolute atomic E-state index is 2.55. The first kappa shape index (κ1) is 46.0. The Balaban J connectivity index is 0.997. The van der Waals surface area contributed by atoms with Gasteiger partial charge in [0.1, 0.15) is 0 Å². The Morgan fingerprint density at radius 3 is 1.05 bits per heavy atom. The fourth-order valence-electron chi connectivity index (χ4n) is 12.8. The summed E-state index contributed by atoms with van der Waals surface area (Å²) < 4.78 is 0. The van der Waals surface area contributed by atoms with Crippen molar-refractivity contribution in [3.8, 4) is 77.9 Å². The second-order valence-electron chi connectivity index (χ2n) is 21.2. The molecule has 0 unspecified atom stereocenters. The highest BCUT2D eigenvalue weighted by atomic mass is 15.1. The third-order valence-corrected chi connectivity index (χ3v) is 16.6. The molecule has 0 N–H and O–H groups in total. The van der Waals surface area contributed by atoms with E-state index in [0.717, 1.165) is 17.1 Å². The predicted molar refractivity (Wildman–Crippen MR) is 323 cm³/mol. The van der Waals surface area contributed by atoms with E-state index < -0.39 is 5.41 Å². The van der Waals surface area contributed by atoms with Crippen LogP contribution in [0.4, 0.5) is 17.1 Å². The van der Waals surface area contributed by atoms with Crippen LogP contribution >= 0.6 is 0 Å². The minimum atomic E-state index is -0.597. The molecule has 0 bridgehead atoms. The van der Waals surface area contributed by atoms with Gasteiger partial charge in [-0.25, -0.2) is 0 Å². The quantitative estimate of drug-likeness (QED) is 0.132. The topological polar surface area (TPSA) is 3.24 Å². The van der Waals surface area contributed by atoms with Crippen molar-refractivity contribution in [3.05, 3.63) is 331 Å². The van der Waals surface area contributed by atoms with Gasteiger partial charge in [0.25, 0.3) is 0 Å². The third-order valence-electron chi connectivity index (χ3n) is 16.6. The zero-order chi connectivity index (χ0) is 51.5. The summed E-state index contributed by atoms with van der Waals surface area (Å²) in [6.07, 6.45) is 0. The Bertz CT molecular complexity index is 3940. The van der Waals surface area contributed by atoms with Gasteiger partial charge >= 0.3 is 0 Å². The highest BCUT2D eigenvalue weighted by molar-refractivity contribution is 5.98. The Morgan fingerprint density at radius 2 is 0.584 bits per heavy atom. The summed E-state index contributed by atoms with van der Waals surface area (Å²) in [5.41, 5.74) is 27.3. The molecule has 12 aromatic carbocycles. The summed E-state index contributed by atoms with van der Waals surface area (Å²) in [6.45, 7) is 4.77. The monoisotopic (exact) mass is 981 g/mol. The standard InChI is InChI=1S/C76H55N/c1-75(2)70-29-17-15-27-65(70)67-48-43-60(49-72(67)75)68-50-69-66-28-16-18-30-71(66)76(61-23-11-5-12-24-61,62-25-13-6-14-26-62)73(69)51-74(68)77(63-44-39-58(40-45-63)56-35-31-54(32-36-56)52-19-7-3-8-20-52)64-46-41-59(42-47-64)57-37-33-55(34-38-57)53-21-9-4-10-22-53/h3-51H,1-2H3. The molecule has 0 spiro atoms. The van der Waals surface area contributed by atoms with Gasteiger partial charge in [-0.15, -0.1) is 0 Å². The van der Waals surface area contributed by atoms with Crippen LogP contribution in [0, 0.1) is 0 Å². The number of hydrogen-bond donors (Lipinski definition) is 0. The smallest absolute Gasteiger partial charge is 0.0714 e. The van der Waals surface area contributed by atoms with Crippen molar-refractivity contribution in [2.24, 2.45) is 0 Å². The van der Waals surface area contributed by atoms with E-state index in [2.05, 4.69) is 316 Å². The van der Waals surface area contributed by atoms with E-state index in [1.54, 1.807) is 0 Å². The van der Waals surface area contributed by atoms with Crippen LogP contribution in [-0.4, -0.2) is 0 Å². The lowest BCUT2D eigenvalue weighted by atomic mass is 9.67. The first-order valence-electron chi connectivity index (χ1n) is 26.9. The highest BCUT2D eigenvalue weighted by Crippen LogP contribution is 2.59. The average molecular weight is 982 g/mol. The van der Waals surface area contributed by atoms with Gasteiger partial charge in [0.2, 0.25) is 0 Å². The van der Waals surface area contributed by atoms with Gasteiger partial charge in [-0.3, -0.25) is 0 Å². The first-order valence-corrected chi connectivity index (χ1v) is 26.9. The molecule has 0 aromatic heterocycles. The van der Waals surface area contributed by atoms with Crippen LogP contribution in [0.3, 0.4) is 0 Å². The maximum atomic E-state index is 2.55. The van der Waals surface area contributed by atoms with Gasteiger partial charge in [-0.1, -0.05) is 269 Å². The fourth-order valence-corrected chi connectivity index (χ4v) is 12.8. The number of nitrogens with zero attached hydrogens (tertiary/aromatic N) is 1. The molecular weight excluding hydrogens is 927 g/mol. The van der Waals surface area contributed by atoms with Crippen LogP contribution in [0.1, 0.15) is 47.2 Å². The molecule has 0 saturated heterocycles. The van der Waals surface area contributed by atoms with Gasteiger partial charge in [-0.2, -0.15) is 0 Å². The Morgan fingerprint density at radius 1 is 0.234 bits per heavy atom. The van der Waals surface area contributed by atoms with E-state index in [1.165, 1.54) is 111 Å². The predicted octanol–water partition coefficient (Wildman–Crippen LogP) is 20.2. The SMILES string of the molecule is CC1(C)c2ccccc2-c2ccc(-c3cc4c(cc3N(c3ccc(-c5ccc(-c6ccccc6)cc5)cc3)c3ccc(-c5ccc(-c6ccccc6)cc5)cc3)C(c3ccccc3)(c3ccccc3)c3ccccc3-4)cc21. The van der Waals surface area contributed by atoms with E-state index >= 15 is 0 Å². The van der Waals surface area contributed by atoms with Crippen molar-refractivity contribution in [2.75, 3.05) is 4.90 Å². The van der Waals surface area contributed by atoms with Crippen LogP contribution in [-0.2, 0) is 10.8 Å². The molecule has 0 aliphatic heterocycles. The van der Waals surface area contributed by atoms with E-state index in [4.69, 9.17) is 0 Å². The van der Waals surface area contributed by atoms with E-state index in [0.29, 0.717) is 0 Å². The largest absolute Gasteiger partial charge is 0.310 e. The van der Waals surface area contributed by atoms with Gasteiger partial charge in [0.15, 0.2) is 0 Å². The molecule has 0 atom stereocenters. The molecular formula is C76H55N. The third kappa shape index (κ3) is 7.69. The molecule has 0 heterocycles. The van der Waals surface area contributed by atoms with Crippen LogP contribution < -0.4 is 4.90 Å². The normalized spacial score (nSPS) is 13.3. The Labute approximate surface area is 452 Å². The summed E-state index contributed by atoms with van der Waals surface area (Å²) >= 11 is 0. The average Bonchev–Trinajstić information content (AvgIpc) is 3.97. The van der Waals surface area contributed by atoms with Crippen molar-refractivity contribution in [2.45, 2.75) is 24.7 Å². The maximum Gasteiger partial charge on any atom is 0.0714 e. The molecule has 14 rings (SSSR count). The van der Waals surface area contributed by atoms with Crippen molar-refractivity contribution < 1.29 is 0 Å². The number of rotatable bonds is 10. The molecule has 0 radical (unpaired) electrons. The van der Waals surface area contributed by atoms with Crippen molar-refractivity contribution in [3.63, 3.8) is 0 Å². The van der Waals surface area contributed by atoms with Gasteiger partial charge < -0.3 is 4.90 Å². The summed E-state index contributed by atoms with van der Waals surface area (Å²) in [5, 5.41) is 0. The fraction of sp³-hybridized carbons (Fsp3) is 0.0526. The minimum Gasteiger partial charge on any atom is -0.310 e. The molecule has 12 aromatic rings. The number of benzene rings is 12. The molecule has 77 heavy (non-hydrogen) atoms. The molecule has 0 amide bonds. The zero-order valence-corrected chi connectivity index (χ0v) is 43.2. The molecule has 0 saturated carbocycles. The van der Waals surface area contributed by atoms with Crippen molar-refractivity contribution >= 4 is 17.1 Å². The molecule has 2 aliphatic rings. The molecule has 364 valence electrons. The Kier molecular flexibility index (Phi) is 11.2. The molecule has 2 aliphatic carbocycles. The van der Waals surface area contributed by atoms with Gasteiger partial charge in [0.05, 0.1) is 11.1 Å². The van der Waals surface area contributed by atoms with Crippen LogP contribution in [0.15, 0.2) is 297 Å². The lowest BCUT2D eigenvalue weighted by Gasteiger charge is -2.35.